The van der Waals surface area contributed by atoms with E-state index in [-0.39, 0.29) is 17.2 Å². The number of anilines is 1. The van der Waals surface area contributed by atoms with Gasteiger partial charge in [0, 0.05) is 11.8 Å². The molecule has 0 radical (unpaired) electrons. The van der Waals surface area contributed by atoms with Crippen molar-refractivity contribution in [1.82, 2.24) is 14.7 Å². The van der Waals surface area contributed by atoms with E-state index in [0.717, 1.165) is 9.94 Å². The van der Waals surface area contributed by atoms with Gasteiger partial charge in [-0.1, -0.05) is 11.8 Å². The Balaban J connectivity index is 1.50. The Morgan fingerprint density at radius 3 is 3.08 bits per heavy atom. The van der Waals surface area contributed by atoms with Crippen LogP contribution in [-0.4, -0.2) is 32.7 Å². The molecule has 1 unspecified atom stereocenters. The molecule has 0 aliphatic carbocycles. The van der Waals surface area contributed by atoms with Crippen LogP contribution in [0.25, 0.3) is 0 Å². The summed E-state index contributed by atoms with van der Waals surface area (Å²) in [6.45, 7) is 2.39. The molecular weight excluding hydrogens is 358 g/mol. The number of hydrogen-bond acceptors (Lipinski definition) is 6. The van der Waals surface area contributed by atoms with Gasteiger partial charge >= 0.3 is 0 Å². The van der Waals surface area contributed by atoms with E-state index in [2.05, 4.69) is 21.2 Å². The minimum absolute atomic E-state index is 0.189. The van der Waals surface area contributed by atoms with Crippen LogP contribution in [0.4, 0.5) is 5.69 Å². The Hall–Kier alpha value is -2.39. The van der Waals surface area contributed by atoms with Gasteiger partial charge in [0.1, 0.15) is 10.7 Å². The van der Waals surface area contributed by atoms with Crippen molar-refractivity contribution in [3.8, 4) is 0 Å². The van der Waals surface area contributed by atoms with Gasteiger partial charge in [0.05, 0.1) is 22.5 Å². The average molecular weight is 373 g/mol. The van der Waals surface area contributed by atoms with E-state index in [1.54, 1.807) is 30.0 Å². The van der Waals surface area contributed by atoms with E-state index >= 15 is 0 Å². The van der Waals surface area contributed by atoms with Crippen LogP contribution < -0.4 is 16.1 Å². The van der Waals surface area contributed by atoms with Crippen molar-refractivity contribution in [2.24, 2.45) is 5.10 Å². The second-order valence-electron chi connectivity index (χ2n) is 5.55. The molecule has 0 spiro atoms. The van der Waals surface area contributed by atoms with Crippen LogP contribution in [-0.2, 0) is 0 Å². The summed E-state index contributed by atoms with van der Waals surface area (Å²) in [5, 5.41) is 10.9. The molecule has 1 atom stereocenters. The Morgan fingerprint density at radius 1 is 1.40 bits per heavy atom. The Kier molecular flexibility index (Phi) is 4.18. The number of benzene rings is 1. The SMILES string of the molecule is CC1NN=C(CNC(=O)c2ccc3c(c2)NC(=O)c2cccn2S3)S1. The molecule has 2 amide bonds. The molecule has 2 aromatic rings. The van der Waals surface area contributed by atoms with Crippen LogP contribution >= 0.6 is 23.7 Å². The van der Waals surface area contributed by atoms with Crippen molar-refractivity contribution < 1.29 is 9.59 Å². The maximum Gasteiger partial charge on any atom is 0.273 e. The first-order chi connectivity index (χ1) is 12.1. The lowest BCUT2D eigenvalue weighted by molar-refractivity contribution is 0.0957. The molecule has 0 fully saturated rings. The first-order valence-electron chi connectivity index (χ1n) is 7.68. The normalized spacial score (nSPS) is 18.4. The van der Waals surface area contributed by atoms with Crippen molar-refractivity contribution >= 4 is 46.3 Å². The average Bonchev–Trinajstić information content (AvgIpc) is 3.20. The lowest BCUT2D eigenvalue weighted by Crippen LogP contribution is -2.28. The van der Waals surface area contributed by atoms with Crippen LogP contribution in [0.1, 0.15) is 27.8 Å². The molecule has 25 heavy (non-hydrogen) atoms. The number of hydrogen-bond donors (Lipinski definition) is 3. The number of nitrogens with one attached hydrogen (secondary N) is 3. The summed E-state index contributed by atoms with van der Waals surface area (Å²) < 4.78 is 1.81. The maximum absolute atomic E-state index is 12.4. The highest BCUT2D eigenvalue weighted by molar-refractivity contribution is 8.14. The van der Waals surface area contributed by atoms with Gasteiger partial charge in [0.2, 0.25) is 0 Å². The minimum Gasteiger partial charge on any atom is -0.346 e. The van der Waals surface area contributed by atoms with Crippen molar-refractivity contribution in [3.63, 3.8) is 0 Å². The Morgan fingerprint density at radius 2 is 2.28 bits per heavy atom. The first-order valence-corrected chi connectivity index (χ1v) is 9.33. The summed E-state index contributed by atoms with van der Waals surface area (Å²) in [4.78, 5) is 25.5. The number of carbonyl (C=O) groups is 2. The zero-order chi connectivity index (χ0) is 17.4. The quantitative estimate of drug-likeness (QED) is 0.769. The van der Waals surface area contributed by atoms with Crippen molar-refractivity contribution in [1.29, 1.82) is 0 Å². The van der Waals surface area contributed by atoms with E-state index in [1.165, 1.54) is 11.9 Å². The molecule has 0 bridgehead atoms. The summed E-state index contributed by atoms with van der Waals surface area (Å²) in [7, 11) is 0. The smallest absolute Gasteiger partial charge is 0.273 e. The largest absolute Gasteiger partial charge is 0.346 e. The van der Waals surface area contributed by atoms with E-state index in [0.29, 0.717) is 23.5 Å². The van der Waals surface area contributed by atoms with Crippen molar-refractivity contribution in [2.45, 2.75) is 17.2 Å². The summed E-state index contributed by atoms with van der Waals surface area (Å²) in [6.07, 6.45) is 1.84. The third kappa shape index (κ3) is 3.24. The van der Waals surface area contributed by atoms with E-state index in [4.69, 9.17) is 0 Å². The van der Waals surface area contributed by atoms with Gasteiger partial charge in [0.15, 0.2) is 0 Å². The van der Waals surface area contributed by atoms with Crippen LogP contribution in [0, 0.1) is 0 Å². The number of fused-ring (bicyclic) bond motifs is 2. The number of aromatic nitrogens is 1. The molecule has 2 aliphatic heterocycles. The zero-order valence-corrected chi connectivity index (χ0v) is 14.9. The highest BCUT2D eigenvalue weighted by Gasteiger charge is 2.21. The fourth-order valence-electron chi connectivity index (χ4n) is 2.52. The Bertz CT molecular complexity index is 892. The van der Waals surface area contributed by atoms with Gasteiger partial charge in [0.25, 0.3) is 11.8 Å². The fraction of sp³-hybridized carbons (Fsp3) is 0.188. The molecule has 4 rings (SSSR count). The molecule has 3 N–H and O–H groups in total. The number of amides is 2. The van der Waals surface area contributed by atoms with Crippen LogP contribution in [0.2, 0.25) is 0 Å². The Labute approximate surface area is 152 Å². The topological polar surface area (TPSA) is 87.5 Å². The zero-order valence-electron chi connectivity index (χ0n) is 13.3. The standard InChI is InChI=1S/C16H15N5O2S2/c1-9-19-20-14(24-9)8-17-15(22)10-4-5-13-11(7-10)18-16(23)12-3-2-6-21(12)25-13/h2-7,9,19H,8H2,1H3,(H,17,22)(H,18,23). The second kappa shape index (κ2) is 6.49. The van der Waals surface area contributed by atoms with Gasteiger partial charge in [-0.05, 0) is 49.2 Å². The number of thioether (sulfide) groups is 1. The molecule has 1 aromatic carbocycles. The number of rotatable bonds is 3. The predicted molar refractivity (Wildman–Crippen MR) is 100 cm³/mol. The highest BCUT2D eigenvalue weighted by atomic mass is 32.2. The molecule has 0 saturated heterocycles. The molecule has 1 aromatic heterocycles. The monoisotopic (exact) mass is 373 g/mol. The summed E-state index contributed by atoms with van der Waals surface area (Å²) >= 11 is 3.02. The van der Waals surface area contributed by atoms with Crippen molar-refractivity contribution in [3.05, 3.63) is 47.8 Å². The molecule has 7 nitrogen and oxygen atoms in total. The summed E-state index contributed by atoms with van der Waals surface area (Å²) in [5.41, 5.74) is 4.64. The van der Waals surface area contributed by atoms with Gasteiger partial charge in [-0.25, -0.2) is 0 Å². The maximum atomic E-state index is 12.4. The molecular formula is C16H15N5O2S2. The minimum atomic E-state index is -0.200. The van der Waals surface area contributed by atoms with Crippen LogP contribution in [0.3, 0.4) is 0 Å². The van der Waals surface area contributed by atoms with Crippen molar-refractivity contribution in [2.75, 3.05) is 11.9 Å². The molecule has 0 saturated carbocycles. The van der Waals surface area contributed by atoms with Crippen LogP contribution in [0.15, 0.2) is 46.5 Å². The second-order valence-corrected chi connectivity index (χ2v) is 7.98. The third-order valence-corrected chi connectivity index (χ3v) is 5.75. The van der Waals surface area contributed by atoms with Crippen LogP contribution in [0.5, 0.6) is 0 Å². The van der Waals surface area contributed by atoms with E-state index in [9.17, 15) is 9.59 Å². The predicted octanol–water partition coefficient (Wildman–Crippen LogP) is 2.33. The lowest BCUT2D eigenvalue weighted by Gasteiger charge is -2.09. The first kappa shape index (κ1) is 16.1. The van der Waals surface area contributed by atoms with Gasteiger partial charge in [-0.15, -0.1) is 0 Å². The summed E-state index contributed by atoms with van der Waals surface area (Å²) in [6, 6.07) is 8.89. The van der Waals surface area contributed by atoms with Gasteiger partial charge < -0.3 is 10.6 Å². The summed E-state index contributed by atoms with van der Waals surface area (Å²) in [5.74, 6) is -0.389. The fourth-order valence-corrected chi connectivity index (χ4v) is 4.22. The molecule has 2 aliphatic rings. The molecule has 9 heteroatoms. The number of nitrogens with zero attached hydrogens (tertiary/aromatic N) is 2. The highest BCUT2D eigenvalue weighted by Crippen LogP contribution is 2.33. The molecule has 128 valence electrons. The lowest BCUT2D eigenvalue weighted by atomic mass is 10.2. The third-order valence-electron chi connectivity index (χ3n) is 3.72. The number of hydrazone groups is 1. The number of carbonyl (C=O) groups excluding carboxylic acids is 2. The van der Waals surface area contributed by atoms with Gasteiger partial charge in [-0.2, -0.15) is 5.10 Å². The molecule has 3 heterocycles. The van der Waals surface area contributed by atoms with Gasteiger partial charge in [-0.3, -0.25) is 19.0 Å². The van der Waals surface area contributed by atoms with E-state index in [1.807, 2.05) is 29.2 Å². The van der Waals surface area contributed by atoms with E-state index < -0.39 is 0 Å².